The molecule has 0 atom stereocenters. The van der Waals surface area contributed by atoms with Crippen molar-refractivity contribution in [3.63, 3.8) is 0 Å². The zero-order valence-electron chi connectivity index (χ0n) is 22.7. The number of rotatable bonds is 10. The van der Waals surface area contributed by atoms with Gasteiger partial charge in [-0.3, -0.25) is 14.5 Å². The molecule has 0 bridgehead atoms. The van der Waals surface area contributed by atoms with Gasteiger partial charge in [0.25, 0.3) is 5.56 Å². The second-order valence-electron chi connectivity index (χ2n) is 9.46. The molecular weight excluding hydrogens is 536 g/mol. The van der Waals surface area contributed by atoms with E-state index >= 15 is 0 Å². The standard InChI is InChI=1S/C26H32N8O5S/c1-4-21-22-23(31-34(21)17-18-7-5-6-8-27-18)25(35)30-24(29-22)20-15-19(16-28-26(20)39-14-13-38-3)40(36,37)33-11-9-32(2)10-12-33/h5-8,15-16H,4,9-14,17H2,1-3H3,(H,29,30,35). The van der Waals surface area contributed by atoms with Gasteiger partial charge in [-0.05, 0) is 31.7 Å². The number of likely N-dealkylation sites (N-methyl/N-ethyl adjacent to an activating group) is 1. The summed E-state index contributed by atoms with van der Waals surface area (Å²) in [6.45, 7) is 4.81. The van der Waals surface area contributed by atoms with E-state index < -0.39 is 15.6 Å². The van der Waals surface area contributed by atoms with Crippen molar-refractivity contribution in [3.05, 3.63) is 58.4 Å². The van der Waals surface area contributed by atoms with Crippen molar-refractivity contribution in [2.75, 3.05) is 53.6 Å². The zero-order valence-corrected chi connectivity index (χ0v) is 23.5. The quantitative estimate of drug-likeness (QED) is 0.276. The summed E-state index contributed by atoms with van der Waals surface area (Å²) in [5.41, 5.74) is 1.96. The third kappa shape index (κ3) is 5.61. The van der Waals surface area contributed by atoms with Gasteiger partial charge in [0.1, 0.15) is 22.8 Å². The SMILES string of the molecule is CCc1c2nc(-c3cc(S(=O)(=O)N4CCN(C)CC4)cnc3OCCOC)[nH]c(=O)c2nn1Cc1ccccn1. The summed E-state index contributed by atoms with van der Waals surface area (Å²) in [4.78, 5) is 31.5. The number of fused-ring (bicyclic) bond motifs is 1. The first-order valence-electron chi connectivity index (χ1n) is 13.0. The summed E-state index contributed by atoms with van der Waals surface area (Å²) < 4.78 is 41.1. The van der Waals surface area contributed by atoms with Crippen molar-refractivity contribution in [1.29, 1.82) is 0 Å². The molecule has 0 unspecified atom stereocenters. The van der Waals surface area contributed by atoms with E-state index in [0.717, 1.165) is 11.4 Å². The molecule has 13 nitrogen and oxygen atoms in total. The van der Waals surface area contributed by atoms with Gasteiger partial charge in [0.05, 0.1) is 36.3 Å². The van der Waals surface area contributed by atoms with Gasteiger partial charge in [-0.25, -0.2) is 18.4 Å². The first-order valence-corrected chi connectivity index (χ1v) is 14.5. The molecule has 14 heteroatoms. The minimum Gasteiger partial charge on any atom is -0.475 e. The summed E-state index contributed by atoms with van der Waals surface area (Å²) >= 11 is 0. The van der Waals surface area contributed by atoms with Crippen LogP contribution in [0.2, 0.25) is 0 Å². The molecule has 1 aliphatic rings. The summed E-state index contributed by atoms with van der Waals surface area (Å²) in [6.07, 6.45) is 3.54. The van der Waals surface area contributed by atoms with Crippen molar-refractivity contribution >= 4 is 21.1 Å². The van der Waals surface area contributed by atoms with Crippen molar-refractivity contribution in [3.8, 4) is 17.3 Å². The Labute approximate surface area is 231 Å². The van der Waals surface area contributed by atoms with Crippen LogP contribution >= 0.6 is 0 Å². The first-order chi connectivity index (χ1) is 19.3. The number of pyridine rings is 2. The Hall–Kier alpha value is -3.72. The minimum atomic E-state index is -3.83. The van der Waals surface area contributed by atoms with Gasteiger partial charge in [-0.2, -0.15) is 9.40 Å². The Balaban J connectivity index is 1.60. The van der Waals surface area contributed by atoms with E-state index in [1.165, 1.54) is 16.6 Å². The number of methoxy groups -OCH3 is 1. The Morgan fingerprint density at radius 1 is 1.07 bits per heavy atom. The first kappa shape index (κ1) is 27.8. The molecule has 1 aliphatic heterocycles. The smallest absolute Gasteiger partial charge is 0.279 e. The number of ether oxygens (including phenoxy) is 2. The molecule has 1 saturated heterocycles. The maximum Gasteiger partial charge on any atom is 0.279 e. The number of sulfonamides is 1. The molecule has 4 aromatic rings. The third-order valence-electron chi connectivity index (χ3n) is 6.78. The molecular formula is C26H32N8O5S. The van der Waals surface area contributed by atoms with E-state index in [1.54, 1.807) is 18.0 Å². The van der Waals surface area contributed by atoms with Gasteiger partial charge in [0.15, 0.2) is 5.52 Å². The fourth-order valence-electron chi connectivity index (χ4n) is 4.58. The van der Waals surface area contributed by atoms with Crippen LogP contribution in [0.15, 0.2) is 46.3 Å². The molecule has 0 aromatic carbocycles. The van der Waals surface area contributed by atoms with E-state index in [4.69, 9.17) is 14.5 Å². The van der Waals surface area contributed by atoms with Crippen LogP contribution in [0.25, 0.3) is 22.4 Å². The fraction of sp³-hybridized carbons (Fsp3) is 0.423. The van der Waals surface area contributed by atoms with Gasteiger partial charge >= 0.3 is 0 Å². The average molecular weight is 569 g/mol. The topological polar surface area (TPSA) is 148 Å². The Morgan fingerprint density at radius 3 is 2.58 bits per heavy atom. The average Bonchev–Trinajstić information content (AvgIpc) is 3.31. The number of hydrogen-bond acceptors (Lipinski definition) is 10. The van der Waals surface area contributed by atoms with Crippen LogP contribution in [0.3, 0.4) is 0 Å². The number of nitrogens with one attached hydrogen (secondary N) is 1. The highest BCUT2D eigenvalue weighted by Gasteiger charge is 2.29. The number of aryl methyl sites for hydroxylation is 1. The van der Waals surface area contributed by atoms with Crippen LogP contribution in [0.4, 0.5) is 0 Å². The predicted octanol–water partition coefficient (Wildman–Crippen LogP) is 1.15. The normalized spacial score (nSPS) is 15.1. The Kier molecular flexibility index (Phi) is 8.21. The summed E-state index contributed by atoms with van der Waals surface area (Å²) in [7, 11) is -0.331. The number of aromatic amines is 1. The van der Waals surface area contributed by atoms with Crippen LogP contribution < -0.4 is 10.3 Å². The van der Waals surface area contributed by atoms with Gasteiger partial charge in [0.2, 0.25) is 15.9 Å². The van der Waals surface area contributed by atoms with Crippen LogP contribution in [0.1, 0.15) is 18.3 Å². The maximum atomic E-state index is 13.5. The lowest BCUT2D eigenvalue weighted by Gasteiger charge is -2.31. The van der Waals surface area contributed by atoms with Crippen molar-refractivity contribution in [2.45, 2.75) is 24.8 Å². The van der Waals surface area contributed by atoms with E-state index in [0.29, 0.717) is 51.3 Å². The summed E-state index contributed by atoms with van der Waals surface area (Å²) in [6, 6.07) is 7.07. The molecule has 0 amide bonds. The van der Waals surface area contributed by atoms with Crippen LogP contribution in [-0.4, -0.2) is 101 Å². The van der Waals surface area contributed by atoms with Gasteiger partial charge in [-0.1, -0.05) is 13.0 Å². The lowest BCUT2D eigenvalue weighted by atomic mass is 10.2. The molecule has 0 radical (unpaired) electrons. The largest absolute Gasteiger partial charge is 0.475 e. The number of hydrogen-bond donors (Lipinski definition) is 1. The fourth-order valence-corrected chi connectivity index (χ4v) is 5.97. The molecule has 0 spiro atoms. The van der Waals surface area contributed by atoms with Crippen LogP contribution in [-0.2, 0) is 27.7 Å². The molecule has 5 heterocycles. The van der Waals surface area contributed by atoms with Gasteiger partial charge < -0.3 is 19.4 Å². The van der Waals surface area contributed by atoms with Crippen LogP contribution in [0, 0.1) is 0 Å². The Morgan fingerprint density at radius 2 is 1.88 bits per heavy atom. The molecule has 0 aliphatic carbocycles. The van der Waals surface area contributed by atoms with Gasteiger partial charge in [0, 0.05) is 39.5 Å². The van der Waals surface area contributed by atoms with Crippen molar-refractivity contribution in [1.82, 2.24) is 38.9 Å². The number of H-pyrrole nitrogens is 1. The predicted molar refractivity (Wildman–Crippen MR) is 148 cm³/mol. The molecule has 5 rings (SSSR count). The number of nitrogens with zero attached hydrogens (tertiary/aromatic N) is 7. The van der Waals surface area contributed by atoms with Crippen LogP contribution in [0.5, 0.6) is 5.88 Å². The van der Waals surface area contributed by atoms with Crippen molar-refractivity contribution < 1.29 is 17.9 Å². The molecule has 212 valence electrons. The molecule has 0 saturated carbocycles. The van der Waals surface area contributed by atoms with E-state index in [-0.39, 0.29) is 34.3 Å². The minimum absolute atomic E-state index is 0.00421. The number of piperazine rings is 1. The molecule has 1 fully saturated rings. The summed E-state index contributed by atoms with van der Waals surface area (Å²) in [5, 5.41) is 4.52. The second-order valence-corrected chi connectivity index (χ2v) is 11.4. The third-order valence-corrected chi connectivity index (χ3v) is 8.64. The summed E-state index contributed by atoms with van der Waals surface area (Å²) in [5.74, 6) is 0.274. The maximum absolute atomic E-state index is 13.5. The second kappa shape index (κ2) is 11.8. The highest BCUT2D eigenvalue weighted by molar-refractivity contribution is 7.89. The lowest BCUT2D eigenvalue weighted by Crippen LogP contribution is -2.47. The molecule has 1 N–H and O–H groups in total. The lowest BCUT2D eigenvalue weighted by molar-refractivity contribution is 0.144. The van der Waals surface area contributed by atoms with E-state index in [1.807, 2.05) is 32.2 Å². The van der Waals surface area contributed by atoms with E-state index in [9.17, 15) is 13.2 Å². The Bertz CT molecular complexity index is 1650. The van der Waals surface area contributed by atoms with Crippen molar-refractivity contribution in [2.24, 2.45) is 0 Å². The highest BCUT2D eigenvalue weighted by Crippen LogP contribution is 2.30. The molecule has 40 heavy (non-hydrogen) atoms. The zero-order chi connectivity index (χ0) is 28.3. The number of aromatic nitrogens is 6. The van der Waals surface area contributed by atoms with E-state index in [2.05, 4.69) is 25.0 Å². The van der Waals surface area contributed by atoms with Gasteiger partial charge in [-0.15, -0.1) is 0 Å². The highest BCUT2D eigenvalue weighted by atomic mass is 32.2. The molecule has 4 aromatic heterocycles. The monoisotopic (exact) mass is 568 g/mol.